The molecule has 0 spiro atoms. The summed E-state index contributed by atoms with van der Waals surface area (Å²) in [6.07, 6.45) is 0.205. The van der Waals surface area contributed by atoms with Crippen molar-refractivity contribution in [2.45, 2.75) is 19.0 Å². The van der Waals surface area contributed by atoms with Gasteiger partial charge in [0.25, 0.3) is 0 Å². The van der Waals surface area contributed by atoms with Gasteiger partial charge in [0.05, 0.1) is 11.0 Å². The number of fused-ring (bicyclic) bond motifs is 1. The van der Waals surface area contributed by atoms with E-state index in [2.05, 4.69) is 4.98 Å². The van der Waals surface area contributed by atoms with Crippen molar-refractivity contribution in [3.63, 3.8) is 0 Å². The van der Waals surface area contributed by atoms with Gasteiger partial charge in [0.1, 0.15) is 11.9 Å². The molecular formula is C17H17N3O2. The molecule has 3 rings (SSSR count). The number of aromatic nitrogens is 2. The van der Waals surface area contributed by atoms with Crippen molar-refractivity contribution in [3.8, 4) is 0 Å². The number of carbonyl (C=O) groups is 1. The molecule has 1 aromatic heterocycles. The van der Waals surface area contributed by atoms with Crippen LogP contribution in [0.25, 0.3) is 11.0 Å². The van der Waals surface area contributed by atoms with Gasteiger partial charge < -0.3 is 15.4 Å². The quantitative estimate of drug-likeness (QED) is 0.754. The number of para-hydroxylation sites is 2. The van der Waals surface area contributed by atoms with Crippen LogP contribution in [0, 0.1) is 0 Å². The first kappa shape index (κ1) is 14.3. The summed E-state index contributed by atoms with van der Waals surface area (Å²) >= 11 is 0. The average molecular weight is 295 g/mol. The maximum Gasteiger partial charge on any atom is 0.320 e. The second-order valence-electron chi connectivity index (χ2n) is 5.24. The monoisotopic (exact) mass is 295 g/mol. The Bertz CT molecular complexity index is 796. The molecule has 2 aromatic carbocycles. The Labute approximate surface area is 128 Å². The van der Waals surface area contributed by atoms with E-state index in [4.69, 9.17) is 10.8 Å². The van der Waals surface area contributed by atoms with Crippen molar-refractivity contribution in [2.75, 3.05) is 0 Å². The van der Waals surface area contributed by atoms with E-state index in [0.29, 0.717) is 12.4 Å². The molecule has 0 aliphatic carbocycles. The van der Waals surface area contributed by atoms with E-state index < -0.39 is 12.0 Å². The zero-order chi connectivity index (χ0) is 15.5. The van der Waals surface area contributed by atoms with E-state index in [1.807, 2.05) is 59.2 Å². The van der Waals surface area contributed by atoms with Gasteiger partial charge in [0, 0.05) is 13.0 Å². The van der Waals surface area contributed by atoms with Crippen LogP contribution in [-0.4, -0.2) is 26.7 Å². The van der Waals surface area contributed by atoms with Crippen LogP contribution >= 0.6 is 0 Å². The SMILES string of the molecule is NC(Cc1nc2ccccc2n1Cc1ccccc1)C(=O)O. The van der Waals surface area contributed by atoms with Gasteiger partial charge in [-0.05, 0) is 17.7 Å². The van der Waals surface area contributed by atoms with Crippen LogP contribution in [0.1, 0.15) is 11.4 Å². The van der Waals surface area contributed by atoms with Crippen LogP contribution in [0.3, 0.4) is 0 Å². The molecular weight excluding hydrogens is 278 g/mol. The highest BCUT2D eigenvalue weighted by Gasteiger charge is 2.18. The molecule has 1 atom stereocenters. The number of benzene rings is 2. The molecule has 0 saturated heterocycles. The van der Waals surface area contributed by atoms with Gasteiger partial charge in [-0.15, -0.1) is 0 Å². The number of nitrogens with two attached hydrogens (primary N) is 1. The molecule has 1 heterocycles. The largest absolute Gasteiger partial charge is 0.480 e. The molecule has 5 nitrogen and oxygen atoms in total. The van der Waals surface area contributed by atoms with Gasteiger partial charge >= 0.3 is 5.97 Å². The lowest BCUT2D eigenvalue weighted by Crippen LogP contribution is -2.33. The average Bonchev–Trinajstić information content (AvgIpc) is 2.86. The van der Waals surface area contributed by atoms with Crippen molar-refractivity contribution in [1.29, 1.82) is 0 Å². The summed E-state index contributed by atoms with van der Waals surface area (Å²) in [6, 6.07) is 16.8. The molecule has 0 saturated carbocycles. The summed E-state index contributed by atoms with van der Waals surface area (Å²) in [4.78, 5) is 15.6. The maximum atomic E-state index is 11.0. The normalized spacial score (nSPS) is 12.4. The molecule has 0 aliphatic rings. The number of rotatable bonds is 5. The highest BCUT2D eigenvalue weighted by molar-refractivity contribution is 5.77. The Morgan fingerprint density at radius 1 is 1.14 bits per heavy atom. The van der Waals surface area contributed by atoms with Crippen molar-refractivity contribution >= 4 is 17.0 Å². The molecule has 0 amide bonds. The van der Waals surface area contributed by atoms with Crippen LogP contribution in [0.4, 0.5) is 0 Å². The molecule has 1 unspecified atom stereocenters. The lowest BCUT2D eigenvalue weighted by molar-refractivity contribution is -0.138. The molecule has 0 fully saturated rings. The van der Waals surface area contributed by atoms with Crippen LogP contribution in [0.5, 0.6) is 0 Å². The number of aliphatic carboxylic acids is 1. The summed E-state index contributed by atoms with van der Waals surface area (Å²) in [5.41, 5.74) is 8.65. The topological polar surface area (TPSA) is 81.1 Å². The smallest absolute Gasteiger partial charge is 0.320 e. The van der Waals surface area contributed by atoms with Gasteiger partial charge in [0.2, 0.25) is 0 Å². The third-order valence-electron chi connectivity index (χ3n) is 3.64. The fourth-order valence-corrected chi connectivity index (χ4v) is 2.51. The second-order valence-corrected chi connectivity index (χ2v) is 5.24. The molecule has 3 aromatic rings. The summed E-state index contributed by atoms with van der Waals surface area (Å²) in [7, 11) is 0. The van der Waals surface area contributed by atoms with Crippen LogP contribution in [-0.2, 0) is 17.8 Å². The van der Waals surface area contributed by atoms with E-state index in [9.17, 15) is 4.79 Å². The zero-order valence-corrected chi connectivity index (χ0v) is 12.0. The number of carboxylic acid groups (broad SMARTS) is 1. The van der Waals surface area contributed by atoms with Gasteiger partial charge in [-0.3, -0.25) is 4.79 Å². The Kier molecular flexibility index (Phi) is 3.89. The number of carboxylic acids is 1. The molecule has 112 valence electrons. The van der Waals surface area contributed by atoms with Crippen molar-refractivity contribution in [1.82, 2.24) is 9.55 Å². The summed E-state index contributed by atoms with van der Waals surface area (Å²) in [6.45, 7) is 0.642. The lowest BCUT2D eigenvalue weighted by atomic mass is 10.2. The minimum Gasteiger partial charge on any atom is -0.480 e. The molecule has 22 heavy (non-hydrogen) atoms. The van der Waals surface area contributed by atoms with E-state index in [0.717, 1.165) is 16.6 Å². The first-order valence-electron chi connectivity index (χ1n) is 7.11. The first-order chi connectivity index (χ1) is 10.6. The third kappa shape index (κ3) is 2.84. The van der Waals surface area contributed by atoms with Crippen LogP contribution < -0.4 is 5.73 Å². The Hall–Kier alpha value is -2.66. The van der Waals surface area contributed by atoms with Gasteiger partial charge in [-0.2, -0.15) is 0 Å². The number of hydrogen-bond donors (Lipinski definition) is 2. The number of nitrogens with zero attached hydrogens (tertiary/aromatic N) is 2. The fraction of sp³-hybridized carbons (Fsp3) is 0.176. The Morgan fingerprint density at radius 2 is 1.82 bits per heavy atom. The standard InChI is InChI=1S/C17H17N3O2/c18-13(17(21)22)10-16-19-14-8-4-5-9-15(14)20(16)11-12-6-2-1-3-7-12/h1-9,13H,10-11,18H2,(H,21,22). The Morgan fingerprint density at radius 3 is 2.55 bits per heavy atom. The van der Waals surface area contributed by atoms with E-state index in [-0.39, 0.29) is 6.42 Å². The van der Waals surface area contributed by atoms with Crippen LogP contribution in [0.15, 0.2) is 54.6 Å². The molecule has 0 radical (unpaired) electrons. The predicted molar refractivity (Wildman–Crippen MR) is 84.6 cm³/mol. The van der Waals surface area contributed by atoms with E-state index >= 15 is 0 Å². The Balaban J connectivity index is 2.03. The minimum absolute atomic E-state index is 0.205. The minimum atomic E-state index is -1.02. The maximum absolute atomic E-state index is 11.0. The molecule has 5 heteroatoms. The predicted octanol–water partition coefficient (Wildman–Crippen LogP) is 2.04. The van der Waals surface area contributed by atoms with E-state index in [1.54, 1.807) is 0 Å². The molecule has 0 bridgehead atoms. The second kappa shape index (κ2) is 5.99. The highest BCUT2D eigenvalue weighted by Crippen LogP contribution is 2.19. The van der Waals surface area contributed by atoms with Gasteiger partial charge in [-0.25, -0.2) is 4.98 Å². The lowest BCUT2D eigenvalue weighted by Gasteiger charge is -2.11. The molecule has 3 N–H and O–H groups in total. The van der Waals surface area contributed by atoms with Crippen molar-refractivity contribution in [3.05, 3.63) is 66.0 Å². The fourth-order valence-electron chi connectivity index (χ4n) is 2.51. The van der Waals surface area contributed by atoms with Crippen molar-refractivity contribution in [2.24, 2.45) is 5.73 Å². The van der Waals surface area contributed by atoms with Gasteiger partial charge in [-0.1, -0.05) is 42.5 Å². The first-order valence-corrected chi connectivity index (χ1v) is 7.11. The third-order valence-corrected chi connectivity index (χ3v) is 3.64. The van der Waals surface area contributed by atoms with E-state index in [1.165, 1.54) is 0 Å². The summed E-state index contributed by atoms with van der Waals surface area (Å²) in [5.74, 6) is -0.321. The number of hydrogen-bond acceptors (Lipinski definition) is 3. The zero-order valence-electron chi connectivity index (χ0n) is 12.0. The highest BCUT2D eigenvalue weighted by atomic mass is 16.4. The molecule has 0 aliphatic heterocycles. The number of imidazole rings is 1. The summed E-state index contributed by atoms with van der Waals surface area (Å²) in [5, 5.41) is 9.04. The van der Waals surface area contributed by atoms with Crippen molar-refractivity contribution < 1.29 is 9.90 Å². The van der Waals surface area contributed by atoms with Gasteiger partial charge in [0.15, 0.2) is 0 Å². The summed E-state index contributed by atoms with van der Waals surface area (Å²) < 4.78 is 2.04. The van der Waals surface area contributed by atoms with Crippen LogP contribution in [0.2, 0.25) is 0 Å².